The number of nitrogens with one attached hydrogen (secondary N) is 1. The molecule has 0 radical (unpaired) electrons. The van der Waals surface area contributed by atoms with Crippen molar-refractivity contribution in [3.05, 3.63) is 53.2 Å². The lowest BCUT2D eigenvalue weighted by molar-refractivity contribution is -0.131. The average molecular weight is 348 g/mol. The van der Waals surface area contributed by atoms with Crippen molar-refractivity contribution in [1.29, 1.82) is 5.26 Å². The molecule has 2 aromatic rings. The highest BCUT2D eigenvalue weighted by molar-refractivity contribution is 5.81. The lowest BCUT2D eigenvalue weighted by Gasteiger charge is -2.17. The number of likely N-dealkylation sites (tertiary alicyclic amines) is 1. The Balaban J connectivity index is 1.28. The first-order valence-corrected chi connectivity index (χ1v) is 8.84. The molecule has 6 heteroatoms. The number of ether oxygens (including phenoxy) is 1. The van der Waals surface area contributed by atoms with E-state index in [4.69, 9.17) is 10.00 Å². The number of hydrogen-bond donors (Lipinski definition) is 1. The molecule has 0 spiro atoms. The highest BCUT2D eigenvalue weighted by atomic mass is 16.5. The highest BCUT2D eigenvalue weighted by Crippen LogP contribution is 2.28. The average Bonchev–Trinajstić information content (AvgIpc) is 3.25. The monoisotopic (exact) mass is 348 g/mol. The normalized spacial score (nSPS) is 19.0. The zero-order valence-corrected chi connectivity index (χ0v) is 14.4. The van der Waals surface area contributed by atoms with E-state index in [1.54, 1.807) is 12.3 Å². The van der Waals surface area contributed by atoms with Crippen LogP contribution in [0.25, 0.3) is 0 Å². The summed E-state index contributed by atoms with van der Waals surface area (Å²) in [5.41, 5.74) is 2.74. The minimum atomic E-state index is -0.166. The maximum absolute atomic E-state index is 11.4. The molecule has 1 unspecified atom stereocenters. The Kier molecular flexibility index (Phi) is 4.55. The van der Waals surface area contributed by atoms with Gasteiger partial charge in [-0.05, 0) is 42.6 Å². The number of carbonyl (C=O) groups excluding carboxylic acids is 1. The van der Waals surface area contributed by atoms with Gasteiger partial charge in [0.15, 0.2) is 0 Å². The molecule has 1 aromatic carbocycles. The number of aromatic nitrogens is 1. The Morgan fingerprint density at radius 1 is 1.35 bits per heavy atom. The molecular formula is C20H20N4O2. The summed E-state index contributed by atoms with van der Waals surface area (Å²) in [6, 6.07) is 11.8. The fourth-order valence-electron chi connectivity index (χ4n) is 3.55. The van der Waals surface area contributed by atoms with Crippen molar-refractivity contribution in [3.63, 3.8) is 0 Å². The third-order valence-electron chi connectivity index (χ3n) is 4.93. The van der Waals surface area contributed by atoms with E-state index in [1.807, 2.05) is 18.2 Å². The van der Waals surface area contributed by atoms with Crippen molar-refractivity contribution in [2.75, 3.05) is 25.0 Å². The standard InChI is InChI=1S/C20H20N4O2/c21-9-15-2-4-19(22-10-15)23-11-16-5-6-24(13-16)12-14-1-3-17-8-20(25)26-18(17)7-14/h1-4,7,10,16H,5-6,8,11-13H2,(H,22,23). The van der Waals surface area contributed by atoms with E-state index < -0.39 is 0 Å². The van der Waals surface area contributed by atoms with Crippen LogP contribution in [0.3, 0.4) is 0 Å². The summed E-state index contributed by atoms with van der Waals surface area (Å²) in [4.78, 5) is 18.0. The molecule has 4 rings (SSSR count). The molecule has 0 bridgehead atoms. The van der Waals surface area contributed by atoms with Crippen molar-refractivity contribution in [1.82, 2.24) is 9.88 Å². The van der Waals surface area contributed by atoms with Gasteiger partial charge >= 0.3 is 5.97 Å². The SMILES string of the molecule is N#Cc1ccc(NCC2CCN(Cc3ccc4c(c3)OC(=O)C4)C2)nc1. The van der Waals surface area contributed by atoms with Gasteiger partial charge < -0.3 is 10.1 Å². The highest BCUT2D eigenvalue weighted by Gasteiger charge is 2.24. The Morgan fingerprint density at radius 3 is 3.08 bits per heavy atom. The number of nitriles is 1. The van der Waals surface area contributed by atoms with Gasteiger partial charge in [-0.2, -0.15) is 5.26 Å². The summed E-state index contributed by atoms with van der Waals surface area (Å²) >= 11 is 0. The Hall–Kier alpha value is -2.91. The largest absolute Gasteiger partial charge is 0.426 e. The topological polar surface area (TPSA) is 78.3 Å². The van der Waals surface area contributed by atoms with E-state index in [-0.39, 0.29) is 5.97 Å². The summed E-state index contributed by atoms with van der Waals surface area (Å²) in [6.45, 7) is 3.83. The second kappa shape index (κ2) is 7.14. The zero-order valence-electron chi connectivity index (χ0n) is 14.4. The molecule has 1 fully saturated rings. The van der Waals surface area contributed by atoms with Crippen molar-refractivity contribution >= 4 is 11.8 Å². The van der Waals surface area contributed by atoms with Crippen LogP contribution < -0.4 is 10.1 Å². The molecule has 1 atom stereocenters. The predicted octanol–water partition coefficient (Wildman–Crippen LogP) is 2.35. The number of anilines is 1. The number of rotatable bonds is 5. The minimum absolute atomic E-state index is 0.166. The van der Waals surface area contributed by atoms with Gasteiger partial charge in [0.25, 0.3) is 0 Å². The molecule has 132 valence electrons. The number of fused-ring (bicyclic) bond motifs is 1. The summed E-state index contributed by atoms with van der Waals surface area (Å²) < 4.78 is 5.24. The first-order chi connectivity index (χ1) is 12.7. The fourth-order valence-corrected chi connectivity index (χ4v) is 3.55. The molecule has 0 aliphatic carbocycles. The molecule has 26 heavy (non-hydrogen) atoms. The molecule has 1 aromatic heterocycles. The van der Waals surface area contributed by atoms with Crippen LogP contribution in [0.15, 0.2) is 36.5 Å². The van der Waals surface area contributed by atoms with Crippen molar-refractivity contribution in [2.45, 2.75) is 19.4 Å². The van der Waals surface area contributed by atoms with Gasteiger partial charge in [0.2, 0.25) is 0 Å². The van der Waals surface area contributed by atoms with Gasteiger partial charge in [0.05, 0.1) is 12.0 Å². The van der Waals surface area contributed by atoms with E-state index in [9.17, 15) is 4.79 Å². The van der Waals surface area contributed by atoms with Gasteiger partial charge in [-0.25, -0.2) is 4.98 Å². The number of hydrogen-bond acceptors (Lipinski definition) is 6. The number of esters is 1. The van der Waals surface area contributed by atoms with Crippen LogP contribution in [0, 0.1) is 17.2 Å². The number of carbonyl (C=O) groups is 1. The van der Waals surface area contributed by atoms with Gasteiger partial charge in [-0.3, -0.25) is 9.69 Å². The second-order valence-corrected chi connectivity index (χ2v) is 6.91. The summed E-state index contributed by atoms with van der Waals surface area (Å²) in [7, 11) is 0. The van der Waals surface area contributed by atoms with Gasteiger partial charge in [-0.1, -0.05) is 12.1 Å². The smallest absolute Gasteiger partial charge is 0.315 e. The third-order valence-corrected chi connectivity index (χ3v) is 4.93. The lowest BCUT2D eigenvalue weighted by Crippen LogP contribution is -2.22. The van der Waals surface area contributed by atoms with Crippen LogP contribution in [0.5, 0.6) is 5.75 Å². The van der Waals surface area contributed by atoms with Crippen LogP contribution in [0.4, 0.5) is 5.82 Å². The lowest BCUT2D eigenvalue weighted by atomic mass is 10.1. The van der Waals surface area contributed by atoms with E-state index in [0.717, 1.165) is 49.7 Å². The Bertz CT molecular complexity index is 857. The quantitative estimate of drug-likeness (QED) is 0.660. The Morgan fingerprint density at radius 2 is 2.27 bits per heavy atom. The molecule has 3 heterocycles. The first-order valence-electron chi connectivity index (χ1n) is 8.84. The third kappa shape index (κ3) is 3.68. The fraction of sp³-hybridized carbons (Fsp3) is 0.350. The van der Waals surface area contributed by atoms with E-state index in [0.29, 0.717) is 17.9 Å². The predicted molar refractivity (Wildman–Crippen MR) is 96.6 cm³/mol. The number of pyridine rings is 1. The molecule has 6 nitrogen and oxygen atoms in total. The van der Waals surface area contributed by atoms with Crippen molar-refractivity contribution in [2.24, 2.45) is 5.92 Å². The van der Waals surface area contributed by atoms with Crippen LogP contribution in [-0.2, 0) is 17.8 Å². The maximum Gasteiger partial charge on any atom is 0.315 e. The van der Waals surface area contributed by atoms with E-state index in [2.05, 4.69) is 27.3 Å². The first kappa shape index (κ1) is 16.6. The number of benzene rings is 1. The van der Waals surface area contributed by atoms with Gasteiger partial charge in [-0.15, -0.1) is 0 Å². The van der Waals surface area contributed by atoms with Crippen LogP contribution in [-0.4, -0.2) is 35.5 Å². The molecule has 1 saturated heterocycles. The summed E-state index contributed by atoms with van der Waals surface area (Å²) in [5.74, 6) is 1.93. The van der Waals surface area contributed by atoms with Gasteiger partial charge in [0, 0.05) is 31.4 Å². The zero-order chi connectivity index (χ0) is 17.9. The molecule has 0 saturated carbocycles. The summed E-state index contributed by atoms with van der Waals surface area (Å²) in [6.07, 6.45) is 3.11. The Labute approximate surface area is 152 Å². The molecule has 0 amide bonds. The van der Waals surface area contributed by atoms with Crippen molar-refractivity contribution in [3.8, 4) is 11.8 Å². The second-order valence-electron chi connectivity index (χ2n) is 6.91. The molecule has 2 aliphatic heterocycles. The number of nitrogens with zero attached hydrogens (tertiary/aromatic N) is 3. The van der Waals surface area contributed by atoms with Gasteiger partial charge in [0.1, 0.15) is 17.6 Å². The maximum atomic E-state index is 11.4. The van der Waals surface area contributed by atoms with E-state index >= 15 is 0 Å². The molecule has 1 N–H and O–H groups in total. The molecule has 2 aliphatic rings. The van der Waals surface area contributed by atoms with Crippen LogP contribution in [0.1, 0.15) is 23.1 Å². The van der Waals surface area contributed by atoms with Crippen molar-refractivity contribution < 1.29 is 9.53 Å². The van der Waals surface area contributed by atoms with Crippen LogP contribution in [0.2, 0.25) is 0 Å². The van der Waals surface area contributed by atoms with E-state index in [1.165, 1.54) is 5.56 Å². The summed E-state index contributed by atoms with van der Waals surface area (Å²) in [5, 5.41) is 12.2. The van der Waals surface area contributed by atoms with Crippen LogP contribution >= 0.6 is 0 Å². The molecular weight excluding hydrogens is 328 g/mol. The minimum Gasteiger partial charge on any atom is -0.426 e.